The first kappa shape index (κ1) is 12.0. The van der Waals surface area contributed by atoms with Crippen LogP contribution in [0.5, 0.6) is 0 Å². The van der Waals surface area contributed by atoms with E-state index in [0.29, 0.717) is 6.42 Å². The number of thiazole rings is 1. The molecule has 1 aromatic heterocycles. The molecular weight excluding hydrogens is 230 g/mol. The molecule has 0 spiro atoms. The van der Waals surface area contributed by atoms with Crippen LogP contribution in [0, 0.1) is 6.92 Å². The molecule has 0 aliphatic heterocycles. The summed E-state index contributed by atoms with van der Waals surface area (Å²) in [6, 6.07) is 7.81. The Morgan fingerprint density at radius 2 is 2.12 bits per heavy atom. The molecule has 1 aromatic carbocycles. The molecule has 0 aliphatic carbocycles. The molecule has 88 valence electrons. The third-order valence-electron chi connectivity index (χ3n) is 2.68. The highest BCUT2D eigenvalue weighted by molar-refractivity contribution is 7.09. The zero-order chi connectivity index (χ0) is 12.3. The molecule has 2 rings (SSSR count). The van der Waals surface area contributed by atoms with Gasteiger partial charge in [-0.2, -0.15) is 0 Å². The highest BCUT2D eigenvalue weighted by Crippen LogP contribution is 2.15. The van der Waals surface area contributed by atoms with Gasteiger partial charge in [-0.15, -0.1) is 11.3 Å². The maximum Gasteiger partial charge on any atom is 0.169 e. The zero-order valence-electron chi connectivity index (χ0n) is 10.1. The first-order valence-corrected chi connectivity index (χ1v) is 6.60. The summed E-state index contributed by atoms with van der Waals surface area (Å²) < 4.78 is 0. The van der Waals surface area contributed by atoms with E-state index in [0.717, 1.165) is 28.2 Å². The normalized spacial score (nSPS) is 10.5. The number of benzene rings is 1. The van der Waals surface area contributed by atoms with Crippen molar-refractivity contribution in [3.8, 4) is 0 Å². The van der Waals surface area contributed by atoms with E-state index in [1.54, 1.807) is 11.3 Å². The van der Waals surface area contributed by atoms with Crippen molar-refractivity contribution < 1.29 is 4.79 Å². The molecule has 0 radical (unpaired) electrons. The van der Waals surface area contributed by atoms with Crippen molar-refractivity contribution in [2.75, 3.05) is 0 Å². The smallest absolute Gasteiger partial charge is 0.169 e. The molecule has 1 heterocycles. The summed E-state index contributed by atoms with van der Waals surface area (Å²) in [6.45, 7) is 4.02. The minimum Gasteiger partial charge on any atom is -0.294 e. The van der Waals surface area contributed by atoms with E-state index < -0.39 is 0 Å². The SMILES string of the molecule is CCc1ccccc1C(=O)Cc1nc(C)cs1. The highest BCUT2D eigenvalue weighted by Gasteiger charge is 2.12. The van der Waals surface area contributed by atoms with E-state index in [4.69, 9.17) is 0 Å². The van der Waals surface area contributed by atoms with Gasteiger partial charge >= 0.3 is 0 Å². The van der Waals surface area contributed by atoms with Gasteiger partial charge in [-0.05, 0) is 18.9 Å². The molecule has 2 nitrogen and oxygen atoms in total. The number of carbonyl (C=O) groups is 1. The molecule has 2 aromatic rings. The van der Waals surface area contributed by atoms with E-state index in [1.807, 2.05) is 36.6 Å². The van der Waals surface area contributed by atoms with Crippen LogP contribution in [0.15, 0.2) is 29.6 Å². The first-order valence-electron chi connectivity index (χ1n) is 5.72. The molecule has 0 N–H and O–H groups in total. The van der Waals surface area contributed by atoms with Gasteiger partial charge < -0.3 is 0 Å². The summed E-state index contributed by atoms with van der Waals surface area (Å²) in [4.78, 5) is 16.5. The molecule has 0 bridgehead atoms. The Morgan fingerprint density at radius 1 is 1.35 bits per heavy atom. The summed E-state index contributed by atoms with van der Waals surface area (Å²) >= 11 is 1.55. The van der Waals surface area contributed by atoms with Crippen molar-refractivity contribution in [2.45, 2.75) is 26.7 Å². The topological polar surface area (TPSA) is 30.0 Å². The van der Waals surface area contributed by atoms with Crippen molar-refractivity contribution in [3.05, 3.63) is 51.5 Å². The molecule has 0 saturated carbocycles. The van der Waals surface area contributed by atoms with Crippen molar-refractivity contribution >= 4 is 17.1 Å². The van der Waals surface area contributed by atoms with Crippen molar-refractivity contribution in [3.63, 3.8) is 0 Å². The number of hydrogen-bond acceptors (Lipinski definition) is 3. The van der Waals surface area contributed by atoms with Crippen molar-refractivity contribution in [1.82, 2.24) is 4.98 Å². The maximum absolute atomic E-state index is 12.2. The molecule has 0 atom stereocenters. The van der Waals surface area contributed by atoms with E-state index >= 15 is 0 Å². The van der Waals surface area contributed by atoms with Crippen LogP contribution in [0.25, 0.3) is 0 Å². The second-order valence-electron chi connectivity index (χ2n) is 3.99. The van der Waals surface area contributed by atoms with E-state index in [9.17, 15) is 4.79 Å². The van der Waals surface area contributed by atoms with Gasteiger partial charge in [0.1, 0.15) is 5.01 Å². The van der Waals surface area contributed by atoms with Crippen LogP contribution in [-0.4, -0.2) is 10.8 Å². The number of hydrogen-bond donors (Lipinski definition) is 0. The average molecular weight is 245 g/mol. The second kappa shape index (κ2) is 5.23. The van der Waals surface area contributed by atoms with Gasteiger partial charge in [-0.3, -0.25) is 4.79 Å². The summed E-state index contributed by atoms with van der Waals surface area (Å²) in [5, 5.41) is 2.88. The number of aryl methyl sites for hydroxylation is 2. The predicted molar refractivity (Wildman–Crippen MR) is 70.7 cm³/mol. The number of aromatic nitrogens is 1. The van der Waals surface area contributed by atoms with E-state index in [1.165, 1.54) is 0 Å². The molecule has 0 unspecified atom stereocenters. The van der Waals surface area contributed by atoms with Crippen LogP contribution in [0.2, 0.25) is 0 Å². The minimum absolute atomic E-state index is 0.164. The van der Waals surface area contributed by atoms with E-state index in [2.05, 4.69) is 11.9 Å². The first-order chi connectivity index (χ1) is 8.20. The zero-order valence-corrected chi connectivity index (χ0v) is 10.9. The fourth-order valence-corrected chi connectivity index (χ4v) is 2.59. The molecule has 0 amide bonds. The summed E-state index contributed by atoms with van der Waals surface area (Å²) in [5.41, 5.74) is 2.94. The van der Waals surface area contributed by atoms with Gasteiger partial charge in [-0.25, -0.2) is 4.98 Å². The molecule has 0 saturated heterocycles. The Balaban J connectivity index is 2.20. The molecular formula is C14H15NOS. The third-order valence-corrected chi connectivity index (χ3v) is 3.64. The van der Waals surface area contributed by atoms with Gasteiger partial charge in [0.15, 0.2) is 5.78 Å². The summed E-state index contributed by atoms with van der Waals surface area (Å²) in [7, 11) is 0. The predicted octanol–water partition coefficient (Wildman–Crippen LogP) is 3.44. The number of nitrogens with zero attached hydrogens (tertiary/aromatic N) is 1. The highest BCUT2D eigenvalue weighted by atomic mass is 32.1. The summed E-state index contributed by atoms with van der Waals surface area (Å²) in [5.74, 6) is 0.164. The lowest BCUT2D eigenvalue weighted by Crippen LogP contribution is -2.06. The fraction of sp³-hybridized carbons (Fsp3) is 0.286. The lowest BCUT2D eigenvalue weighted by molar-refractivity contribution is 0.0992. The van der Waals surface area contributed by atoms with Crippen LogP contribution in [0.3, 0.4) is 0 Å². The average Bonchev–Trinajstić information content (AvgIpc) is 2.74. The maximum atomic E-state index is 12.2. The van der Waals surface area contributed by atoms with Gasteiger partial charge in [0.2, 0.25) is 0 Å². The Morgan fingerprint density at radius 3 is 2.76 bits per heavy atom. The Hall–Kier alpha value is -1.48. The summed E-state index contributed by atoms with van der Waals surface area (Å²) in [6.07, 6.45) is 1.30. The number of carbonyl (C=O) groups excluding carboxylic acids is 1. The largest absolute Gasteiger partial charge is 0.294 e. The van der Waals surface area contributed by atoms with Crippen LogP contribution < -0.4 is 0 Å². The quantitative estimate of drug-likeness (QED) is 0.772. The second-order valence-corrected chi connectivity index (χ2v) is 4.94. The standard InChI is InChI=1S/C14H15NOS/c1-3-11-6-4-5-7-12(11)13(16)8-14-15-10(2)9-17-14/h4-7,9H,3,8H2,1-2H3. The van der Waals surface area contributed by atoms with Gasteiger partial charge in [0, 0.05) is 16.6 Å². The van der Waals surface area contributed by atoms with Crippen LogP contribution in [0.4, 0.5) is 0 Å². The lowest BCUT2D eigenvalue weighted by Gasteiger charge is -2.05. The van der Waals surface area contributed by atoms with Crippen LogP contribution in [-0.2, 0) is 12.8 Å². The van der Waals surface area contributed by atoms with Crippen molar-refractivity contribution in [1.29, 1.82) is 0 Å². The Labute approximate surface area is 105 Å². The number of Topliss-reactive ketones (excluding diaryl/α,β-unsaturated/α-hetero) is 1. The van der Waals surface area contributed by atoms with Gasteiger partial charge in [0.25, 0.3) is 0 Å². The Kier molecular flexibility index (Phi) is 3.69. The van der Waals surface area contributed by atoms with Gasteiger partial charge in [0.05, 0.1) is 6.42 Å². The monoisotopic (exact) mass is 245 g/mol. The minimum atomic E-state index is 0.164. The van der Waals surface area contributed by atoms with Crippen molar-refractivity contribution in [2.24, 2.45) is 0 Å². The molecule has 0 aliphatic rings. The molecule has 0 fully saturated rings. The van der Waals surface area contributed by atoms with E-state index in [-0.39, 0.29) is 5.78 Å². The van der Waals surface area contributed by atoms with Gasteiger partial charge in [-0.1, -0.05) is 31.2 Å². The van der Waals surface area contributed by atoms with Crippen LogP contribution in [0.1, 0.15) is 33.5 Å². The number of ketones is 1. The fourth-order valence-electron chi connectivity index (χ4n) is 1.82. The Bertz CT molecular complexity index is 531. The lowest BCUT2D eigenvalue weighted by atomic mass is 10.0. The molecule has 3 heteroatoms. The van der Waals surface area contributed by atoms with Crippen LogP contribution >= 0.6 is 11.3 Å². The third kappa shape index (κ3) is 2.80. The number of rotatable bonds is 4. The molecule has 17 heavy (non-hydrogen) atoms.